The number of thioether (sulfide) groups is 2. The molecule has 17 heavy (non-hydrogen) atoms. The number of carbonyl (C=O) groups is 2. The molecule has 0 saturated heterocycles. The Kier molecular flexibility index (Phi) is 9.39. The Labute approximate surface area is 110 Å². The zero-order valence-corrected chi connectivity index (χ0v) is 11.9. The Balaban J connectivity index is 4.31. The minimum Gasteiger partial charge on any atom is -0.467 e. The number of carbonyl (C=O) groups excluding carboxylic acids is 2. The highest BCUT2D eigenvalue weighted by Crippen LogP contribution is 2.04. The van der Waals surface area contributed by atoms with Gasteiger partial charge < -0.3 is 15.2 Å². The fraction of sp³-hybridized carbons (Fsp3) is 0.800. The van der Waals surface area contributed by atoms with E-state index in [0.717, 1.165) is 5.75 Å². The number of methoxy groups -OCH3 is 1. The van der Waals surface area contributed by atoms with Crippen molar-refractivity contribution in [3.63, 3.8) is 0 Å². The number of hydrogen-bond donors (Lipinski definition) is 2. The first kappa shape index (κ1) is 16.6. The van der Waals surface area contributed by atoms with Gasteiger partial charge in [-0.2, -0.15) is 23.5 Å². The maximum absolute atomic E-state index is 11.5. The highest BCUT2D eigenvalue weighted by Gasteiger charge is 2.24. The van der Waals surface area contributed by atoms with E-state index in [-0.39, 0.29) is 0 Å². The standard InChI is InChI=1S/C10H19NO4S2/c1-15-10(14)7(4-5-16-2)11-9(13)8(12)6-17-3/h7-8,12H,4-6H2,1-3H3,(H,11,13). The van der Waals surface area contributed by atoms with Crippen molar-refractivity contribution in [2.24, 2.45) is 0 Å². The van der Waals surface area contributed by atoms with Gasteiger partial charge in [0.15, 0.2) is 0 Å². The molecule has 0 saturated carbocycles. The molecule has 1 amide bonds. The average Bonchev–Trinajstić information content (AvgIpc) is 2.33. The van der Waals surface area contributed by atoms with E-state index in [1.807, 2.05) is 6.26 Å². The van der Waals surface area contributed by atoms with Gasteiger partial charge in [0.25, 0.3) is 0 Å². The minimum absolute atomic E-state index is 0.308. The molecular formula is C10H19NO4S2. The molecule has 0 radical (unpaired) electrons. The monoisotopic (exact) mass is 281 g/mol. The average molecular weight is 281 g/mol. The second kappa shape index (κ2) is 9.61. The molecule has 0 spiro atoms. The zero-order valence-electron chi connectivity index (χ0n) is 10.3. The van der Waals surface area contributed by atoms with Crippen LogP contribution in [0.15, 0.2) is 0 Å². The lowest BCUT2D eigenvalue weighted by atomic mass is 10.2. The van der Waals surface area contributed by atoms with Gasteiger partial charge >= 0.3 is 5.97 Å². The van der Waals surface area contributed by atoms with E-state index in [1.165, 1.54) is 18.9 Å². The van der Waals surface area contributed by atoms with Gasteiger partial charge in [0, 0.05) is 5.75 Å². The molecule has 5 nitrogen and oxygen atoms in total. The lowest BCUT2D eigenvalue weighted by molar-refractivity contribution is -0.146. The normalized spacial score (nSPS) is 13.9. The molecule has 0 bridgehead atoms. The van der Waals surface area contributed by atoms with Crippen LogP contribution in [0, 0.1) is 0 Å². The van der Waals surface area contributed by atoms with Crippen molar-refractivity contribution in [1.29, 1.82) is 0 Å². The van der Waals surface area contributed by atoms with Crippen LogP contribution in [0.5, 0.6) is 0 Å². The summed E-state index contributed by atoms with van der Waals surface area (Å²) >= 11 is 2.94. The molecule has 0 aromatic rings. The van der Waals surface area contributed by atoms with Crippen LogP contribution in [0.1, 0.15) is 6.42 Å². The highest BCUT2D eigenvalue weighted by molar-refractivity contribution is 7.98. The third kappa shape index (κ3) is 6.80. The van der Waals surface area contributed by atoms with E-state index in [4.69, 9.17) is 0 Å². The fourth-order valence-electron chi connectivity index (χ4n) is 1.13. The summed E-state index contributed by atoms with van der Waals surface area (Å²) < 4.78 is 4.60. The zero-order chi connectivity index (χ0) is 13.3. The van der Waals surface area contributed by atoms with Crippen LogP contribution in [0.3, 0.4) is 0 Å². The van der Waals surface area contributed by atoms with Gasteiger partial charge in [-0.25, -0.2) is 4.79 Å². The molecule has 0 aromatic heterocycles. The van der Waals surface area contributed by atoms with Gasteiger partial charge in [-0.3, -0.25) is 4.79 Å². The molecule has 0 fully saturated rings. The summed E-state index contributed by atoms with van der Waals surface area (Å²) in [5.74, 6) is 0.0283. The second-order valence-electron chi connectivity index (χ2n) is 3.34. The number of ether oxygens (including phenoxy) is 1. The molecule has 0 aliphatic rings. The third-order valence-corrected chi connectivity index (χ3v) is 3.33. The summed E-state index contributed by atoms with van der Waals surface area (Å²) in [5.41, 5.74) is 0. The molecule has 2 unspecified atom stereocenters. The minimum atomic E-state index is -1.09. The quantitative estimate of drug-likeness (QED) is 0.616. The summed E-state index contributed by atoms with van der Waals surface area (Å²) in [7, 11) is 1.28. The number of rotatable bonds is 8. The molecule has 0 heterocycles. The van der Waals surface area contributed by atoms with Crippen molar-refractivity contribution < 1.29 is 19.4 Å². The van der Waals surface area contributed by atoms with Crippen LogP contribution >= 0.6 is 23.5 Å². The van der Waals surface area contributed by atoms with E-state index >= 15 is 0 Å². The number of nitrogens with one attached hydrogen (secondary N) is 1. The molecule has 0 aliphatic heterocycles. The van der Waals surface area contributed by atoms with Crippen LogP contribution in [0.25, 0.3) is 0 Å². The van der Waals surface area contributed by atoms with Gasteiger partial charge in [0.05, 0.1) is 7.11 Å². The second-order valence-corrected chi connectivity index (χ2v) is 5.23. The summed E-state index contributed by atoms with van der Waals surface area (Å²) in [4.78, 5) is 22.9. The summed E-state index contributed by atoms with van der Waals surface area (Å²) in [6.45, 7) is 0. The number of hydrogen-bond acceptors (Lipinski definition) is 6. The van der Waals surface area contributed by atoms with Gasteiger partial charge in [-0.05, 0) is 24.7 Å². The largest absolute Gasteiger partial charge is 0.467 e. The van der Waals surface area contributed by atoms with Crippen LogP contribution in [0.4, 0.5) is 0 Å². The Morgan fingerprint density at radius 3 is 2.47 bits per heavy atom. The summed E-state index contributed by atoms with van der Waals surface area (Å²) in [5, 5.41) is 12.0. The van der Waals surface area contributed by atoms with Crippen molar-refractivity contribution in [1.82, 2.24) is 5.32 Å². The first-order chi connectivity index (χ1) is 8.06. The topological polar surface area (TPSA) is 75.6 Å². The Morgan fingerprint density at radius 1 is 1.35 bits per heavy atom. The Hall–Kier alpha value is -0.400. The molecule has 0 aromatic carbocycles. The fourth-order valence-corrected chi connectivity index (χ4v) is 2.07. The predicted molar refractivity (Wildman–Crippen MR) is 71.3 cm³/mol. The molecule has 2 atom stereocenters. The lowest BCUT2D eigenvalue weighted by Crippen LogP contribution is -2.46. The van der Waals surface area contributed by atoms with Crippen molar-refractivity contribution in [3.05, 3.63) is 0 Å². The first-order valence-electron chi connectivity index (χ1n) is 5.11. The molecule has 0 aliphatic carbocycles. The van der Waals surface area contributed by atoms with E-state index in [1.54, 1.807) is 18.0 Å². The van der Waals surface area contributed by atoms with Crippen LogP contribution in [0.2, 0.25) is 0 Å². The van der Waals surface area contributed by atoms with Crippen molar-refractivity contribution in [3.8, 4) is 0 Å². The van der Waals surface area contributed by atoms with Crippen LogP contribution < -0.4 is 5.32 Å². The third-order valence-electron chi connectivity index (χ3n) is 2.04. The predicted octanol–water partition coefficient (Wildman–Crippen LogP) is 0.121. The van der Waals surface area contributed by atoms with Crippen molar-refractivity contribution in [2.45, 2.75) is 18.6 Å². The van der Waals surface area contributed by atoms with Gasteiger partial charge in [0.1, 0.15) is 12.1 Å². The van der Waals surface area contributed by atoms with Crippen molar-refractivity contribution >= 4 is 35.4 Å². The number of amides is 1. The SMILES string of the molecule is COC(=O)C(CCSC)NC(=O)C(O)CSC. The summed E-state index contributed by atoms with van der Waals surface area (Å²) in [6.07, 6.45) is 3.11. The Bertz CT molecular complexity index is 250. The van der Waals surface area contributed by atoms with E-state index < -0.39 is 24.0 Å². The van der Waals surface area contributed by atoms with Gasteiger partial charge in [-0.15, -0.1) is 0 Å². The maximum atomic E-state index is 11.5. The molecule has 2 N–H and O–H groups in total. The molecule has 0 rings (SSSR count). The molecule has 100 valence electrons. The number of aliphatic hydroxyl groups excluding tert-OH is 1. The van der Waals surface area contributed by atoms with Gasteiger partial charge in [0.2, 0.25) is 5.91 Å². The summed E-state index contributed by atoms with van der Waals surface area (Å²) in [6, 6.07) is -0.684. The van der Waals surface area contributed by atoms with Gasteiger partial charge in [-0.1, -0.05) is 0 Å². The van der Waals surface area contributed by atoms with E-state index in [2.05, 4.69) is 10.1 Å². The lowest BCUT2D eigenvalue weighted by Gasteiger charge is -2.18. The van der Waals surface area contributed by atoms with Crippen LogP contribution in [-0.4, -0.2) is 60.3 Å². The van der Waals surface area contributed by atoms with E-state index in [9.17, 15) is 14.7 Å². The molecular weight excluding hydrogens is 262 g/mol. The highest BCUT2D eigenvalue weighted by atomic mass is 32.2. The first-order valence-corrected chi connectivity index (χ1v) is 7.89. The number of aliphatic hydroxyl groups is 1. The Morgan fingerprint density at radius 2 is 2.00 bits per heavy atom. The molecule has 7 heteroatoms. The smallest absolute Gasteiger partial charge is 0.328 e. The van der Waals surface area contributed by atoms with Crippen LogP contribution in [-0.2, 0) is 14.3 Å². The number of esters is 1. The van der Waals surface area contributed by atoms with Crippen molar-refractivity contribution in [2.75, 3.05) is 31.1 Å². The van der Waals surface area contributed by atoms with E-state index in [0.29, 0.717) is 12.2 Å². The maximum Gasteiger partial charge on any atom is 0.328 e.